The Hall–Kier alpha value is -0.220. The van der Waals surface area contributed by atoms with Crippen LogP contribution in [0, 0.1) is 0 Å². The van der Waals surface area contributed by atoms with Crippen molar-refractivity contribution in [2.45, 2.75) is 12.1 Å². The summed E-state index contributed by atoms with van der Waals surface area (Å²) in [5.74, 6) is 0.0600. The van der Waals surface area contributed by atoms with Gasteiger partial charge in [-0.2, -0.15) is 13.2 Å². The van der Waals surface area contributed by atoms with Crippen molar-refractivity contribution in [3.05, 3.63) is 33.8 Å². The van der Waals surface area contributed by atoms with Crippen LogP contribution in [0.1, 0.15) is 11.1 Å². The summed E-state index contributed by atoms with van der Waals surface area (Å²) in [6.07, 6.45) is -4.33. The minimum Gasteiger partial charge on any atom is -0.166 e. The molecule has 0 saturated carbocycles. The maximum atomic E-state index is 12.3. The quantitative estimate of drug-likeness (QED) is 0.673. The monoisotopic (exact) mass is 272 g/mol. The summed E-state index contributed by atoms with van der Waals surface area (Å²) in [6.45, 7) is 0. The molecule has 0 aliphatic carbocycles. The van der Waals surface area contributed by atoms with E-state index in [2.05, 4.69) is 15.9 Å². The molecule has 5 heteroatoms. The molecule has 72 valence electrons. The van der Waals surface area contributed by atoms with E-state index in [1.54, 1.807) is 6.07 Å². The molecule has 0 aliphatic rings. The van der Waals surface area contributed by atoms with Crippen LogP contribution in [0.5, 0.6) is 0 Å². The summed E-state index contributed by atoms with van der Waals surface area (Å²) < 4.78 is 36.9. The molecular weight excluding hydrogens is 268 g/mol. The molecule has 1 rings (SSSR count). The highest BCUT2D eigenvalue weighted by Crippen LogP contribution is 2.36. The third kappa shape index (κ3) is 2.38. The largest absolute Gasteiger partial charge is 0.417 e. The molecule has 1 aromatic carbocycles. The van der Waals surface area contributed by atoms with Crippen molar-refractivity contribution >= 4 is 27.5 Å². The first-order chi connectivity index (χ1) is 5.96. The van der Waals surface area contributed by atoms with Crippen LogP contribution in [-0.4, -0.2) is 0 Å². The second-order valence-electron chi connectivity index (χ2n) is 2.41. The van der Waals surface area contributed by atoms with Crippen molar-refractivity contribution in [1.82, 2.24) is 0 Å². The summed E-state index contributed by atoms with van der Waals surface area (Å²) >= 11 is 8.33. The number of alkyl halides is 4. The van der Waals surface area contributed by atoms with Gasteiger partial charge in [-0.05, 0) is 27.6 Å². The lowest BCUT2D eigenvalue weighted by Crippen LogP contribution is -2.06. The van der Waals surface area contributed by atoms with Gasteiger partial charge in [0.1, 0.15) is 0 Å². The first-order valence-corrected chi connectivity index (χ1v) is 4.70. The fourth-order valence-corrected chi connectivity index (χ4v) is 1.92. The predicted octanol–water partition coefficient (Wildman–Crippen LogP) is 4.21. The Morgan fingerprint density at radius 2 is 1.92 bits per heavy atom. The predicted molar refractivity (Wildman–Crippen MR) is 48.7 cm³/mol. The van der Waals surface area contributed by atoms with Gasteiger partial charge in [0, 0.05) is 10.4 Å². The van der Waals surface area contributed by atoms with Gasteiger partial charge in [-0.3, -0.25) is 0 Å². The first kappa shape index (κ1) is 10.9. The second-order valence-corrected chi connectivity index (χ2v) is 3.47. The Kier molecular flexibility index (Phi) is 3.24. The molecule has 0 nitrogen and oxygen atoms in total. The van der Waals surface area contributed by atoms with E-state index in [4.69, 9.17) is 11.6 Å². The van der Waals surface area contributed by atoms with Gasteiger partial charge in [0.15, 0.2) is 0 Å². The molecule has 0 amide bonds. The maximum absolute atomic E-state index is 12.3. The molecule has 13 heavy (non-hydrogen) atoms. The third-order valence-electron chi connectivity index (χ3n) is 1.53. The molecule has 0 aliphatic heterocycles. The summed E-state index contributed by atoms with van der Waals surface area (Å²) in [6, 6.07) is 3.90. The molecule has 0 saturated heterocycles. The van der Waals surface area contributed by atoms with Crippen LogP contribution in [0.4, 0.5) is 13.2 Å². The second kappa shape index (κ2) is 3.88. The summed E-state index contributed by atoms with van der Waals surface area (Å²) in [7, 11) is 0. The highest BCUT2D eigenvalue weighted by atomic mass is 79.9. The summed E-state index contributed by atoms with van der Waals surface area (Å²) in [4.78, 5) is 0. The Balaban J connectivity index is 3.24. The number of halogens is 5. The lowest BCUT2D eigenvalue weighted by molar-refractivity contribution is -0.138. The van der Waals surface area contributed by atoms with Crippen LogP contribution in [0.3, 0.4) is 0 Å². The van der Waals surface area contributed by atoms with Gasteiger partial charge in [-0.15, -0.1) is 11.6 Å². The van der Waals surface area contributed by atoms with Gasteiger partial charge in [0.2, 0.25) is 0 Å². The topological polar surface area (TPSA) is 0 Å². The molecule has 0 fully saturated rings. The Morgan fingerprint density at radius 1 is 1.31 bits per heavy atom. The number of benzene rings is 1. The van der Waals surface area contributed by atoms with Crippen LogP contribution in [-0.2, 0) is 12.1 Å². The van der Waals surface area contributed by atoms with Crippen LogP contribution >= 0.6 is 27.5 Å². The van der Waals surface area contributed by atoms with Crippen molar-refractivity contribution < 1.29 is 13.2 Å². The molecule has 1 aromatic rings. The fourth-order valence-electron chi connectivity index (χ4n) is 0.902. The minimum atomic E-state index is -4.33. The molecule has 0 bridgehead atoms. The van der Waals surface area contributed by atoms with E-state index in [0.717, 1.165) is 6.07 Å². The molecule has 0 unspecified atom stereocenters. The van der Waals surface area contributed by atoms with Crippen LogP contribution < -0.4 is 0 Å². The summed E-state index contributed by atoms with van der Waals surface area (Å²) in [5, 5.41) is 0. The number of hydrogen-bond donors (Lipinski definition) is 0. The smallest absolute Gasteiger partial charge is 0.166 e. The average Bonchev–Trinajstić information content (AvgIpc) is 2.02. The van der Waals surface area contributed by atoms with E-state index >= 15 is 0 Å². The molecule has 0 heterocycles. The first-order valence-electron chi connectivity index (χ1n) is 3.37. The maximum Gasteiger partial charge on any atom is 0.417 e. The number of hydrogen-bond acceptors (Lipinski definition) is 0. The lowest BCUT2D eigenvalue weighted by atomic mass is 10.1. The molecule has 0 atom stereocenters. The molecular formula is C8H5BrClF3. The Labute approximate surface area is 86.8 Å². The Bertz CT molecular complexity index is 309. The van der Waals surface area contributed by atoms with E-state index in [1.807, 2.05) is 0 Å². The van der Waals surface area contributed by atoms with E-state index in [9.17, 15) is 13.2 Å². The van der Waals surface area contributed by atoms with Crippen LogP contribution in [0.25, 0.3) is 0 Å². The van der Waals surface area contributed by atoms with Crippen LogP contribution in [0.15, 0.2) is 22.7 Å². The van der Waals surface area contributed by atoms with Crippen LogP contribution in [0.2, 0.25) is 0 Å². The highest BCUT2D eigenvalue weighted by molar-refractivity contribution is 9.10. The SMILES string of the molecule is FC(F)(F)c1cccc(CCl)c1Br. The van der Waals surface area contributed by atoms with E-state index in [-0.39, 0.29) is 10.4 Å². The number of rotatable bonds is 1. The van der Waals surface area contributed by atoms with Gasteiger partial charge >= 0.3 is 6.18 Å². The Morgan fingerprint density at radius 3 is 2.38 bits per heavy atom. The van der Waals surface area contributed by atoms with Crippen molar-refractivity contribution in [3.8, 4) is 0 Å². The van der Waals surface area contributed by atoms with E-state index in [1.165, 1.54) is 6.07 Å². The van der Waals surface area contributed by atoms with Gasteiger partial charge in [0.25, 0.3) is 0 Å². The van der Waals surface area contributed by atoms with Crippen molar-refractivity contribution in [2.75, 3.05) is 0 Å². The van der Waals surface area contributed by atoms with Crippen molar-refractivity contribution in [1.29, 1.82) is 0 Å². The third-order valence-corrected chi connectivity index (χ3v) is 2.75. The van der Waals surface area contributed by atoms with Gasteiger partial charge in [-0.1, -0.05) is 12.1 Å². The van der Waals surface area contributed by atoms with E-state index < -0.39 is 11.7 Å². The normalized spacial score (nSPS) is 11.8. The average molecular weight is 273 g/mol. The lowest BCUT2D eigenvalue weighted by Gasteiger charge is -2.10. The highest BCUT2D eigenvalue weighted by Gasteiger charge is 2.33. The molecule has 0 aromatic heterocycles. The van der Waals surface area contributed by atoms with Crippen molar-refractivity contribution in [2.24, 2.45) is 0 Å². The zero-order valence-electron chi connectivity index (χ0n) is 6.33. The standard InChI is InChI=1S/C8H5BrClF3/c9-7-5(4-10)2-1-3-6(7)8(11,12)13/h1-3H,4H2. The zero-order chi connectivity index (χ0) is 10.1. The van der Waals surface area contributed by atoms with E-state index in [0.29, 0.717) is 5.56 Å². The van der Waals surface area contributed by atoms with Gasteiger partial charge in [0.05, 0.1) is 5.56 Å². The molecule has 0 N–H and O–H groups in total. The van der Waals surface area contributed by atoms with Crippen molar-refractivity contribution in [3.63, 3.8) is 0 Å². The van der Waals surface area contributed by atoms with Gasteiger partial charge in [-0.25, -0.2) is 0 Å². The summed E-state index contributed by atoms with van der Waals surface area (Å²) in [5.41, 5.74) is -0.248. The van der Waals surface area contributed by atoms with Gasteiger partial charge < -0.3 is 0 Å². The molecule has 0 radical (unpaired) electrons. The fraction of sp³-hybridized carbons (Fsp3) is 0.250. The zero-order valence-corrected chi connectivity index (χ0v) is 8.67. The molecule has 0 spiro atoms. The minimum absolute atomic E-state index is 0.0255.